The predicted octanol–water partition coefficient (Wildman–Crippen LogP) is 2.39. The summed E-state index contributed by atoms with van der Waals surface area (Å²) in [6.07, 6.45) is 3.62. The van der Waals surface area contributed by atoms with Gasteiger partial charge in [-0.2, -0.15) is 5.10 Å². The highest BCUT2D eigenvalue weighted by Crippen LogP contribution is 2.25. The van der Waals surface area contributed by atoms with E-state index in [2.05, 4.69) is 44.9 Å². The van der Waals surface area contributed by atoms with Gasteiger partial charge in [-0.1, -0.05) is 24.3 Å². The maximum Gasteiger partial charge on any atom is 0.251 e. The first-order valence-electron chi connectivity index (χ1n) is 9.71. The van der Waals surface area contributed by atoms with Gasteiger partial charge in [-0.05, 0) is 41.5 Å². The number of aromatic nitrogens is 2. The van der Waals surface area contributed by atoms with Crippen LogP contribution in [0.2, 0.25) is 0 Å². The van der Waals surface area contributed by atoms with Crippen molar-refractivity contribution in [2.75, 3.05) is 37.6 Å². The van der Waals surface area contributed by atoms with Crippen molar-refractivity contribution in [3.05, 3.63) is 72.6 Å². The number of hydrogen-bond acceptors (Lipinski definition) is 4. The zero-order valence-corrected chi connectivity index (χ0v) is 15.8. The van der Waals surface area contributed by atoms with Crippen molar-refractivity contribution in [1.29, 1.82) is 0 Å². The second kappa shape index (κ2) is 8.71. The van der Waals surface area contributed by atoms with Crippen LogP contribution in [0.25, 0.3) is 11.1 Å². The molecule has 2 aromatic carbocycles. The lowest BCUT2D eigenvalue weighted by Gasteiger charge is -2.29. The van der Waals surface area contributed by atoms with E-state index in [0.717, 1.165) is 31.7 Å². The van der Waals surface area contributed by atoms with Crippen molar-refractivity contribution in [1.82, 2.24) is 20.4 Å². The minimum absolute atomic E-state index is 0.0618. The molecule has 1 saturated heterocycles. The molecule has 0 unspecified atom stereocenters. The lowest BCUT2D eigenvalue weighted by Crippen LogP contribution is -2.43. The molecule has 0 spiro atoms. The van der Waals surface area contributed by atoms with Gasteiger partial charge < -0.3 is 15.5 Å². The van der Waals surface area contributed by atoms with E-state index in [-0.39, 0.29) is 5.91 Å². The van der Waals surface area contributed by atoms with Gasteiger partial charge >= 0.3 is 0 Å². The molecule has 3 aromatic rings. The van der Waals surface area contributed by atoms with Gasteiger partial charge in [0, 0.05) is 56.4 Å². The van der Waals surface area contributed by atoms with Crippen LogP contribution in [0.5, 0.6) is 0 Å². The smallest absolute Gasteiger partial charge is 0.251 e. The fourth-order valence-electron chi connectivity index (χ4n) is 3.44. The van der Waals surface area contributed by atoms with Crippen LogP contribution in [0.15, 0.2) is 67.0 Å². The second-order valence-corrected chi connectivity index (χ2v) is 6.89. The minimum atomic E-state index is -0.0618. The molecule has 0 aliphatic carbocycles. The van der Waals surface area contributed by atoms with Crippen molar-refractivity contribution in [3.8, 4) is 11.1 Å². The van der Waals surface area contributed by atoms with Crippen molar-refractivity contribution in [2.24, 2.45) is 0 Å². The number of carbonyl (C=O) groups is 1. The molecule has 2 heterocycles. The number of anilines is 1. The summed E-state index contributed by atoms with van der Waals surface area (Å²) in [5.74, 6) is -0.0618. The van der Waals surface area contributed by atoms with E-state index in [4.69, 9.17) is 0 Å². The fourth-order valence-corrected chi connectivity index (χ4v) is 3.44. The summed E-state index contributed by atoms with van der Waals surface area (Å²) in [5.41, 5.74) is 4.20. The van der Waals surface area contributed by atoms with Gasteiger partial charge in [-0.15, -0.1) is 0 Å². The highest BCUT2D eigenvalue weighted by Gasteiger charge is 2.11. The molecule has 0 bridgehead atoms. The van der Waals surface area contributed by atoms with Gasteiger partial charge in [-0.25, -0.2) is 0 Å². The average molecular weight is 375 g/mol. The van der Waals surface area contributed by atoms with E-state index < -0.39 is 0 Å². The standard InChI is InChI=1S/C22H25N5O/c28-22(24-12-16-27-13-2-9-25-27)19-7-5-18(6-8-19)20-3-1-4-21(17-20)26-14-10-23-11-15-26/h1-9,13,17,23H,10-12,14-16H2,(H,24,28). The SMILES string of the molecule is O=C(NCCn1cccn1)c1ccc(-c2cccc(N3CCNCC3)c2)cc1. The number of carbonyl (C=O) groups excluding carboxylic acids is 1. The van der Waals surface area contributed by atoms with Crippen molar-refractivity contribution >= 4 is 11.6 Å². The summed E-state index contributed by atoms with van der Waals surface area (Å²) in [7, 11) is 0. The molecule has 144 valence electrons. The fraction of sp³-hybridized carbons (Fsp3) is 0.273. The van der Waals surface area contributed by atoms with Crippen LogP contribution in [-0.4, -0.2) is 48.4 Å². The Morgan fingerprint density at radius 2 is 1.86 bits per heavy atom. The zero-order chi connectivity index (χ0) is 19.2. The van der Waals surface area contributed by atoms with Gasteiger partial charge in [0.1, 0.15) is 0 Å². The molecular weight excluding hydrogens is 350 g/mol. The molecule has 0 saturated carbocycles. The lowest BCUT2D eigenvalue weighted by atomic mass is 10.0. The van der Waals surface area contributed by atoms with E-state index >= 15 is 0 Å². The number of piperazine rings is 1. The molecule has 0 atom stereocenters. The van der Waals surface area contributed by atoms with Crippen molar-refractivity contribution in [3.63, 3.8) is 0 Å². The van der Waals surface area contributed by atoms with Crippen molar-refractivity contribution < 1.29 is 4.79 Å². The summed E-state index contributed by atoms with van der Waals surface area (Å²) < 4.78 is 1.80. The monoisotopic (exact) mass is 375 g/mol. The van der Waals surface area contributed by atoms with Gasteiger partial charge in [0.05, 0.1) is 6.54 Å². The third kappa shape index (κ3) is 4.40. The van der Waals surface area contributed by atoms with Crippen LogP contribution in [-0.2, 0) is 6.54 Å². The summed E-state index contributed by atoms with van der Waals surface area (Å²) in [6.45, 7) is 5.32. The lowest BCUT2D eigenvalue weighted by molar-refractivity contribution is 0.0952. The molecule has 1 fully saturated rings. The van der Waals surface area contributed by atoms with E-state index in [9.17, 15) is 4.79 Å². The Kier molecular flexibility index (Phi) is 5.68. The highest BCUT2D eigenvalue weighted by atomic mass is 16.1. The van der Waals surface area contributed by atoms with Gasteiger partial charge in [0.15, 0.2) is 0 Å². The van der Waals surface area contributed by atoms with Crippen LogP contribution >= 0.6 is 0 Å². The number of rotatable bonds is 6. The maximum atomic E-state index is 12.3. The summed E-state index contributed by atoms with van der Waals surface area (Å²) >= 11 is 0. The van der Waals surface area contributed by atoms with Gasteiger partial charge in [0.2, 0.25) is 0 Å². The Labute approximate surface area is 165 Å². The Bertz CT molecular complexity index is 899. The average Bonchev–Trinajstić information content (AvgIpc) is 3.28. The molecule has 6 heteroatoms. The Balaban J connectivity index is 1.39. The molecule has 4 rings (SSSR count). The van der Waals surface area contributed by atoms with Crippen LogP contribution in [0.1, 0.15) is 10.4 Å². The molecule has 0 radical (unpaired) electrons. The third-order valence-corrected chi connectivity index (χ3v) is 4.99. The Morgan fingerprint density at radius 3 is 2.61 bits per heavy atom. The Hall–Kier alpha value is -3.12. The van der Waals surface area contributed by atoms with Crippen LogP contribution in [0.3, 0.4) is 0 Å². The number of amides is 1. The van der Waals surface area contributed by atoms with E-state index in [1.807, 2.05) is 36.5 Å². The summed E-state index contributed by atoms with van der Waals surface area (Å²) in [4.78, 5) is 14.7. The molecular formula is C22H25N5O. The minimum Gasteiger partial charge on any atom is -0.369 e. The summed E-state index contributed by atoms with van der Waals surface area (Å²) in [5, 5.41) is 10.5. The molecule has 1 aliphatic rings. The normalized spacial score (nSPS) is 14.1. The van der Waals surface area contributed by atoms with Crippen molar-refractivity contribution in [2.45, 2.75) is 6.54 Å². The molecule has 1 aromatic heterocycles. The summed E-state index contributed by atoms with van der Waals surface area (Å²) in [6, 6.07) is 18.3. The van der Waals surface area contributed by atoms with Crippen LogP contribution in [0, 0.1) is 0 Å². The van der Waals surface area contributed by atoms with Crippen LogP contribution < -0.4 is 15.5 Å². The quantitative estimate of drug-likeness (QED) is 0.695. The maximum absolute atomic E-state index is 12.3. The zero-order valence-electron chi connectivity index (χ0n) is 15.8. The van der Waals surface area contributed by atoms with E-state index in [1.165, 1.54) is 11.3 Å². The van der Waals surface area contributed by atoms with E-state index in [0.29, 0.717) is 18.7 Å². The molecule has 1 aliphatic heterocycles. The first kappa shape index (κ1) is 18.3. The largest absolute Gasteiger partial charge is 0.369 e. The Morgan fingerprint density at radius 1 is 1.04 bits per heavy atom. The van der Waals surface area contributed by atoms with Gasteiger partial charge in [0.25, 0.3) is 5.91 Å². The molecule has 28 heavy (non-hydrogen) atoms. The number of benzene rings is 2. The number of hydrogen-bond donors (Lipinski definition) is 2. The third-order valence-electron chi connectivity index (χ3n) is 4.99. The van der Waals surface area contributed by atoms with Gasteiger partial charge in [-0.3, -0.25) is 9.48 Å². The second-order valence-electron chi connectivity index (χ2n) is 6.89. The topological polar surface area (TPSA) is 62.2 Å². The number of nitrogens with zero attached hydrogens (tertiary/aromatic N) is 3. The highest BCUT2D eigenvalue weighted by molar-refractivity contribution is 5.94. The molecule has 2 N–H and O–H groups in total. The first-order chi connectivity index (χ1) is 13.8. The molecule has 1 amide bonds. The first-order valence-corrected chi connectivity index (χ1v) is 9.71. The number of nitrogens with one attached hydrogen (secondary N) is 2. The van der Waals surface area contributed by atoms with Crippen LogP contribution in [0.4, 0.5) is 5.69 Å². The molecule has 6 nitrogen and oxygen atoms in total. The predicted molar refractivity (Wildman–Crippen MR) is 112 cm³/mol. The van der Waals surface area contributed by atoms with E-state index in [1.54, 1.807) is 10.9 Å².